The Hall–Kier alpha value is -0.940. The number of rotatable bonds is 9. The third-order valence-corrected chi connectivity index (χ3v) is 3.77. The van der Waals surface area contributed by atoms with Gasteiger partial charge in [0.2, 0.25) is 0 Å². The molecule has 4 nitrogen and oxygen atoms in total. The van der Waals surface area contributed by atoms with E-state index < -0.39 is 0 Å². The van der Waals surface area contributed by atoms with Crippen molar-refractivity contribution in [2.75, 3.05) is 32.8 Å². The molecule has 4 heteroatoms. The zero-order valence-electron chi connectivity index (χ0n) is 15.6. The molecule has 23 heavy (non-hydrogen) atoms. The van der Waals surface area contributed by atoms with Gasteiger partial charge >= 0.3 is 0 Å². The number of hydrogen-bond acceptors (Lipinski definition) is 4. The largest absolute Gasteiger partial charge is 0.395 e. The molecule has 0 spiro atoms. The lowest BCUT2D eigenvalue weighted by molar-refractivity contribution is 0.156. The molecule has 1 aromatic carbocycles. The molecule has 1 aromatic rings. The monoisotopic (exact) mass is 324 g/mol. The van der Waals surface area contributed by atoms with Crippen LogP contribution in [0.15, 0.2) is 30.3 Å². The van der Waals surface area contributed by atoms with Gasteiger partial charge in [-0.15, -0.1) is 0 Å². The predicted octanol–water partition coefficient (Wildman–Crippen LogP) is 2.60. The van der Waals surface area contributed by atoms with Crippen molar-refractivity contribution in [2.24, 2.45) is 0 Å². The minimum absolute atomic E-state index is 0.132. The highest BCUT2D eigenvalue weighted by molar-refractivity contribution is 5.14. The molecular formula is C19H36N2O2. The third-order valence-electron chi connectivity index (χ3n) is 3.77. The van der Waals surface area contributed by atoms with Crippen molar-refractivity contribution in [3.63, 3.8) is 0 Å². The van der Waals surface area contributed by atoms with Crippen molar-refractivity contribution in [1.82, 2.24) is 9.80 Å². The van der Waals surface area contributed by atoms with Gasteiger partial charge in [-0.25, -0.2) is 0 Å². The van der Waals surface area contributed by atoms with Crippen molar-refractivity contribution in [3.8, 4) is 0 Å². The molecule has 0 saturated carbocycles. The van der Waals surface area contributed by atoms with Crippen LogP contribution in [-0.4, -0.2) is 64.9 Å². The van der Waals surface area contributed by atoms with Gasteiger partial charge in [0.05, 0.1) is 13.2 Å². The number of aliphatic hydroxyl groups excluding tert-OH is 2. The second-order valence-electron chi connectivity index (χ2n) is 6.23. The summed E-state index contributed by atoms with van der Waals surface area (Å²) in [5.74, 6) is 0. The molecule has 0 radical (unpaired) electrons. The van der Waals surface area contributed by atoms with E-state index >= 15 is 0 Å². The Balaban J connectivity index is 0.000000468. The molecule has 0 unspecified atom stereocenters. The molecule has 0 aliphatic heterocycles. The van der Waals surface area contributed by atoms with Crippen molar-refractivity contribution in [2.45, 2.75) is 53.2 Å². The Labute approximate surface area is 142 Å². The first-order chi connectivity index (χ1) is 11.0. The van der Waals surface area contributed by atoms with Crippen molar-refractivity contribution in [3.05, 3.63) is 35.9 Å². The van der Waals surface area contributed by atoms with Gasteiger partial charge in [0.1, 0.15) is 0 Å². The summed E-state index contributed by atoms with van der Waals surface area (Å²) in [4.78, 5) is 4.48. The van der Waals surface area contributed by atoms with Crippen molar-refractivity contribution < 1.29 is 10.2 Å². The molecule has 0 amide bonds. The second-order valence-corrected chi connectivity index (χ2v) is 6.23. The molecule has 0 bridgehead atoms. The summed E-state index contributed by atoms with van der Waals surface area (Å²) in [5.41, 5.74) is 1.20. The molecule has 0 aromatic heterocycles. The van der Waals surface area contributed by atoms with Gasteiger partial charge in [0.25, 0.3) is 0 Å². The molecule has 0 saturated heterocycles. The van der Waals surface area contributed by atoms with Gasteiger partial charge in [-0.2, -0.15) is 0 Å². The topological polar surface area (TPSA) is 46.9 Å². The van der Waals surface area contributed by atoms with Gasteiger partial charge < -0.3 is 10.2 Å². The van der Waals surface area contributed by atoms with Crippen LogP contribution in [0.4, 0.5) is 0 Å². The molecular weight excluding hydrogens is 288 g/mol. The zero-order valence-corrected chi connectivity index (χ0v) is 15.6. The standard InChI is InChI=1S/C11H17NO2.C8H19N/c13-8-6-12(7-9-14)10-11-4-2-1-3-5-11;1-6-9(7(2)3)8(4)5/h1-5,13-14H,6-10H2;7-8H,6H2,1-5H3. The lowest BCUT2D eigenvalue weighted by Crippen LogP contribution is -2.36. The minimum Gasteiger partial charge on any atom is -0.395 e. The fraction of sp³-hybridized carbons (Fsp3) is 0.684. The summed E-state index contributed by atoms with van der Waals surface area (Å²) in [6, 6.07) is 11.4. The van der Waals surface area contributed by atoms with Gasteiger partial charge in [0.15, 0.2) is 0 Å². The average molecular weight is 325 g/mol. The number of aliphatic hydroxyl groups is 2. The highest BCUT2D eigenvalue weighted by atomic mass is 16.3. The fourth-order valence-corrected chi connectivity index (χ4v) is 2.72. The average Bonchev–Trinajstić information content (AvgIpc) is 2.49. The van der Waals surface area contributed by atoms with Gasteiger partial charge in [-0.1, -0.05) is 37.3 Å². The van der Waals surface area contributed by atoms with Crippen LogP contribution in [0.25, 0.3) is 0 Å². The maximum Gasteiger partial charge on any atom is 0.0558 e. The zero-order chi connectivity index (χ0) is 17.7. The molecule has 0 aliphatic rings. The summed E-state index contributed by atoms with van der Waals surface area (Å²) >= 11 is 0. The maximum absolute atomic E-state index is 8.82. The Bertz CT molecular complexity index is 355. The maximum atomic E-state index is 8.82. The Morgan fingerprint density at radius 1 is 0.870 bits per heavy atom. The summed E-state index contributed by atoms with van der Waals surface area (Å²) in [7, 11) is 0. The molecule has 0 aliphatic carbocycles. The minimum atomic E-state index is 0.132. The van der Waals surface area contributed by atoms with Crippen molar-refractivity contribution >= 4 is 0 Å². The van der Waals surface area contributed by atoms with Crippen LogP contribution in [-0.2, 0) is 6.54 Å². The molecule has 134 valence electrons. The highest BCUT2D eigenvalue weighted by Gasteiger charge is 2.09. The number of nitrogens with zero attached hydrogens (tertiary/aromatic N) is 2. The number of benzene rings is 1. The van der Waals surface area contributed by atoms with Crippen LogP contribution in [0, 0.1) is 0 Å². The molecule has 1 rings (SSSR count). The van der Waals surface area contributed by atoms with Gasteiger partial charge in [-0.05, 0) is 39.8 Å². The second kappa shape index (κ2) is 13.5. The summed E-state index contributed by atoms with van der Waals surface area (Å²) in [6.07, 6.45) is 0. The van der Waals surface area contributed by atoms with Crippen LogP contribution in [0.3, 0.4) is 0 Å². The fourth-order valence-electron chi connectivity index (χ4n) is 2.72. The van der Waals surface area contributed by atoms with Crippen molar-refractivity contribution in [1.29, 1.82) is 0 Å². The van der Waals surface area contributed by atoms with E-state index in [0.717, 1.165) is 13.1 Å². The van der Waals surface area contributed by atoms with Gasteiger partial charge in [0, 0.05) is 31.7 Å². The van der Waals surface area contributed by atoms with E-state index in [9.17, 15) is 0 Å². The Morgan fingerprint density at radius 2 is 1.35 bits per heavy atom. The molecule has 0 fully saturated rings. The lowest BCUT2D eigenvalue weighted by Gasteiger charge is -2.28. The molecule has 0 atom stereocenters. The first kappa shape index (κ1) is 22.1. The van der Waals surface area contributed by atoms with E-state index in [4.69, 9.17) is 10.2 Å². The van der Waals surface area contributed by atoms with Gasteiger partial charge in [-0.3, -0.25) is 9.80 Å². The predicted molar refractivity (Wildman–Crippen MR) is 98.5 cm³/mol. The quantitative estimate of drug-likeness (QED) is 0.733. The highest BCUT2D eigenvalue weighted by Crippen LogP contribution is 2.03. The summed E-state index contributed by atoms with van der Waals surface area (Å²) in [5, 5.41) is 17.6. The normalized spacial score (nSPS) is 11.3. The smallest absolute Gasteiger partial charge is 0.0558 e. The van der Waals surface area contributed by atoms with Crippen LogP contribution < -0.4 is 0 Å². The van der Waals surface area contributed by atoms with E-state index in [2.05, 4.69) is 39.5 Å². The van der Waals surface area contributed by atoms with Crippen LogP contribution >= 0.6 is 0 Å². The lowest BCUT2D eigenvalue weighted by atomic mass is 10.2. The summed E-state index contributed by atoms with van der Waals surface area (Å²) in [6.45, 7) is 14.6. The first-order valence-corrected chi connectivity index (χ1v) is 8.69. The van der Waals surface area contributed by atoms with E-state index in [0.29, 0.717) is 25.2 Å². The van der Waals surface area contributed by atoms with Crippen LogP contribution in [0.1, 0.15) is 40.2 Å². The third kappa shape index (κ3) is 10.4. The Kier molecular flexibility index (Phi) is 12.9. The molecule has 2 N–H and O–H groups in total. The first-order valence-electron chi connectivity index (χ1n) is 8.69. The van der Waals surface area contributed by atoms with E-state index in [-0.39, 0.29) is 13.2 Å². The van der Waals surface area contributed by atoms with E-state index in [1.165, 1.54) is 5.56 Å². The summed E-state index contributed by atoms with van der Waals surface area (Å²) < 4.78 is 0. The SMILES string of the molecule is CCN(C(C)C)C(C)C.OCCN(CCO)Cc1ccccc1. The van der Waals surface area contributed by atoms with E-state index in [1.807, 2.05) is 35.2 Å². The number of hydrogen-bond donors (Lipinski definition) is 2. The van der Waals surface area contributed by atoms with Crippen LogP contribution in [0.2, 0.25) is 0 Å². The van der Waals surface area contributed by atoms with E-state index in [1.54, 1.807) is 0 Å². The Morgan fingerprint density at radius 3 is 1.65 bits per heavy atom. The van der Waals surface area contributed by atoms with Crippen LogP contribution in [0.5, 0.6) is 0 Å². The molecule has 0 heterocycles.